The van der Waals surface area contributed by atoms with E-state index >= 15 is 0 Å². The predicted molar refractivity (Wildman–Crippen MR) is 139 cm³/mol. The fourth-order valence-corrected chi connectivity index (χ4v) is 5.84. The van der Waals surface area contributed by atoms with Crippen LogP contribution < -0.4 is 5.32 Å². The number of ether oxygens (including phenoxy) is 1. The zero-order chi connectivity index (χ0) is 26.0. The average molecular weight is 493 g/mol. The molecule has 2 aromatic rings. The van der Waals surface area contributed by atoms with Crippen molar-refractivity contribution in [2.75, 3.05) is 18.5 Å². The summed E-state index contributed by atoms with van der Waals surface area (Å²) in [6.07, 6.45) is 4.36. The molecule has 0 bridgehead atoms. The zero-order valence-corrected chi connectivity index (χ0v) is 21.4. The molecular formula is C29H36N2O5. The van der Waals surface area contributed by atoms with Crippen molar-refractivity contribution in [3.63, 3.8) is 0 Å². The molecule has 2 aliphatic rings. The van der Waals surface area contributed by atoms with E-state index in [2.05, 4.69) is 5.32 Å². The molecule has 6 atom stereocenters. The molecular weight excluding hydrogens is 456 g/mol. The summed E-state index contributed by atoms with van der Waals surface area (Å²) in [6, 6.07) is 12.2. The molecule has 2 amide bonds. The number of carbonyl (C=O) groups is 3. The van der Waals surface area contributed by atoms with Crippen LogP contribution in [0.5, 0.6) is 0 Å². The maximum Gasteiger partial charge on any atom is 0.310 e. The standard InChI is InChI=1S/C29H36N2O5/c1-5-36-29(35)24-18(4)10-13-23-25(24)28(34)31(22(16-32)14-17(2)3)26(23)27(33)30-21-12-11-19-8-6-7-9-20(19)15-21/h6-13,15,17-18,22-26,32H,5,14,16H2,1-4H3,(H,30,33)/t18-,22-,23+,24-,25-,26+/m1/s1. The molecule has 36 heavy (non-hydrogen) atoms. The maximum absolute atomic E-state index is 13.9. The first-order chi connectivity index (χ1) is 17.3. The fourth-order valence-electron chi connectivity index (χ4n) is 5.84. The Kier molecular flexibility index (Phi) is 7.79. The van der Waals surface area contributed by atoms with Gasteiger partial charge in [0.15, 0.2) is 0 Å². The number of esters is 1. The molecule has 1 saturated heterocycles. The average Bonchev–Trinajstić information content (AvgIpc) is 3.14. The Labute approximate surface area is 212 Å². The van der Waals surface area contributed by atoms with Crippen molar-refractivity contribution in [2.24, 2.45) is 29.6 Å². The highest BCUT2D eigenvalue weighted by Gasteiger charge is 2.58. The van der Waals surface area contributed by atoms with Crippen LogP contribution in [0, 0.1) is 29.6 Å². The van der Waals surface area contributed by atoms with Crippen molar-refractivity contribution in [3.05, 3.63) is 54.6 Å². The van der Waals surface area contributed by atoms with Gasteiger partial charge in [-0.2, -0.15) is 0 Å². The third-order valence-corrected chi connectivity index (χ3v) is 7.40. The molecule has 1 aliphatic heterocycles. The van der Waals surface area contributed by atoms with Crippen LogP contribution >= 0.6 is 0 Å². The summed E-state index contributed by atoms with van der Waals surface area (Å²) in [5.41, 5.74) is 0.633. The van der Waals surface area contributed by atoms with Gasteiger partial charge in [0.2, 0.25) is 11.8 Å². The van der Waals surface area contributed by atoms with Crippen LogP contribution in [0.4, 0.5) is 5.69 Å². The van der Waals surface area contributed by atoms with E-state index in [-0.39, 0.29) is 36.9 Å². The van der Waals surface area contributed by atoms with Gasteiger partial charge in [0.25, 0.3) is 0 Å². The second kappa shape index (κ2) is 10.8. The third kappa shape index (κ3) is 4.89. The van der Waals surface area contributed by atoms with E-state index in [4.69, 9.17) is 4.74 Å². The summed E-state index contributed by atoms with van der Waals surface area (Å²) < 4.78 is 5.33. The Bertz CT molecular complexity index is 1160. The molecule has 0 saturated carbocycles. The van der Waals surface area contributed by atoms with Crippen molar-refractivity contribution in [2.45, 2.75) is 46.2 Å². The van der Waals surface area contributed by atoms with Crippen molar-refractivity contribution >= 4 is 34.2 Å². The number of fused-ring (bicyclic) bond motifs is 2. The first-order valence-corrected chi connectivity index (χ1v) is 12.8. The Morgan fingerprint density at radius 3 is 2.50 bits per heavy atom. The van der Waals surface area contributed by atoms with Gasteiger partial charge in [-0.1, -0.05) is 63.3 Å². The number of hydrogen-bond donors (Lipinski definition) is 2. The quantitative estimate of drug-likeness (QED) is 0.429. The summed E-state index contributed by atoms with van der Waals surface area (Å²) >= 11 is 0. The Morgan fingerprint density at radius 1 is 1.11 bits per heavy atom. The van der Waals surface area contributed by atoms with E-state index in [9.17, 15) is 19.5 Å². The lowest BCUT2D eigenvalue weighted by Gasteiger charge is -2.34. The first kappa shape index (κ1) is 25.9. The van der Waals surface area contributed by atoms with Crippen molar-refractivity contribution in [3.8, 4) is 0 Å². The van der Waals surface area contributed by atoms with Crippen LogP contribution in [0.2, 0.25) is 0 Å². The first-order valence-electron chi connectivity index (χ1n) is 12.8. The number of nitrogens with one attached hydrogen (secondary N) is 1. The minimum atomic E-state index is -0.842. The second-order valence-electron chi connectivity index (χ2n) is 10.3. The molecule has 0 aromatic heterocycles. The van der Waals surface area contributed by atoms with Crippen LogP contribution in [-0.2, 0) is 19.1 Å². The Hall–Kier alpha value is -3.19. The van der Waals surface area contributed by atoms with Crippen LogP contribution in [0.1, 0.15) is 34.1 Å². The lowest BCUT2D eigenvalue weighted by molar-refractivity contribution is -0.156. The number of rotatable bonds is 8. The number of anilines is 1. The van der Waals surface area contributed by atoms with Gasteiger partial charge < -0.3 is 20.1 Å². The summed E-state index contributed by atoms with van der Waals surface area (Å²) in [6.45, 7) is 7.64. The van der Waals surface area contributed by atoms with Gasteiger partial charge >= 0.3 is 5.97 Å². The van der Waals surface area contributed by atoms with Crippen LogP contribution in [0.15, 0.2) is 54.6 Å². The molecule has 1 aliphatic carbocycles. The molecule has 0 unspecified atom stereocenters. The van der Waals surface area contributed by atoms with E-state index in [1.165, 1.54) is 0 Å². The lowest BCUT2D eigenvalue weighted by atomic mass is 9.70. The monoisotopic (exact) mass is 492 g/mol. The largest absolute Gasteiger partial charge is 0.466 e. The van der Waals surface area contributed by atoms with Gasteiger partial charge in [0.05, 0.1) is 31.1 Å². The number of likely N-dealkylation sites (tertiary alicyclic amines) is 1. The molecule has 4 rings (SSSR count). The zero-order valence-electron chi connectivity index (χ0n) is 21.4. The molecule has 1 heterocycles. The maximum atomic E-state index is 13.9. The van der Waals surface area contributed by atoms with Gasteiger partial charge in [-0.25, -0.2) is 0 Å². The van der Waals surface area contributed by atoms with Crippen molar-refractivity contribution in [1.29, 1.82) is 0 Å². The highest BCUT2D eigenvalue weighted by molar-refractivity contribution is 6.02. The number of benzene rings is 2. The smallest absolute Gasteiger partial charge is 0.310 e. The highest BCUT2D eigenvalue weighted by atomic mass is 16.5. The summed E-state index contributed by atoms with van der Waals surface area (Å²) in [5.74, 6) is -2.89. The predicted octanol–water partition coefficient (Wildman–Crippen LogP) is 4.01. The molecule has 0 spiro atoms. The van der Waals surface area contributed by atoms with Crippen molar-refractivity contribution < 1.29 is 24.2 Å². The molecule has 7 heteroatoms. The lowest BCUT2D eigenvalue weighted by Crippen LogP contribution is -2.51. The number of hydrogen-bond acceptors (Lipinski definition) is 5. The van der Waals surface area contributed by atoms with Crippen LogP contribution in [0.3, 0.4) is 0 Å². The van der Waals surface area contributed by atoms with Gasteiger partial charge in [-0.05, 0) is 48.1 Å². The molecule has 192 valence electrons. The molecule has 1 fully saturated rings. The summed E-state index contributed by atoms with van der Waals surface area (Å²) in [5, 5.41) is 15.3. The Balaban J connectivity index is 1.72. The highest BCUT2D eigenvalue weighted by Crippen LogP contribution is 2.45. The fraction of sp³-hybridized carbons (Fsp3) is 0.483. The van der Waals surface area contributed by atoms with E-state index in [1.807, 2.05) is 75.4 Å². The summed E-state index contributed by atoms with van der Waals surface area (Å²) in [4.78, 5) is 42.2. The Morgan fingerprint density at radius 2 is 1.83 bits per heavy atom. The molecule has 2 N–H and O–H groups in total. The molecule has 2 aromatic carbocycles. The molecule has 0 radical (unpaired) electrons. The second-order valence-corrected chi connectivity index (χ2v) is 10.3. The minimum Gasteiger partial charge on any atom is -0.466 e. The van der Waals surface area contributed by atoms with Crippen molar-refractivity contribution in [1.82, 2.24) is 4.90 Å². The van der Waals surface area contributed by atoms with Gasteiger partial charge in [0, 0.05) is 11.6 Å². The van der Waals surface area contributed by atoms with E-state index in [0.29, 0.717) is 12.1 Å². The molecule has 7 nitrogen and oxygen atoms in total. The number of aliphatic hydroxyl groups is 1. The van der Waals surface area contributed by atoms with E-state index in [0.717, 1.165) is 10.8 Å². The van der Waals surface area contributed by atoms with Crippen LogP contribution in [-0.4, -0.2) is 53.1 Å². The number of allylic oxidation sites excluding steroid dienone is 1. The number of amides is 2. The minimum absolute atomic E-state index is 0.198. The van der Waals surface area contributed by atoms with Crippen LogP contribution in [0.25, 0.3) is 10.8 Å². The topological polar surface area (TPSA) is 95.9 Å². The number of carbonyl (C=O) groups excluding carboxylic acids is 3. The van der Waals surface area contributed by atoms with E-state index in [1.54, 1.807) is 11.8 Å². The number of nitrogens with zero attached hydrogens (tertiary/aromatic N) is 1. The van der Waals surface area contributed by atoms with E-state index < -0.39 is 35.8 Å². The SMILES string of the molecule is CCOC(=O)[C@H]1[C@@H]2C(=O)N([C@@H](CO)CC(C)C)[C@H](C(=O)Nc3ccc4ccccc4c3)[C@H]2C=C[C@H]1C. The third-order valence-electron chi connectivity index (χ3n) is 7.40. The van der Waals surface area contributed by atoms with Gasteiger partial charge in [0.1, 0.15) is 6.04 Å². The normalized spacial score (nSPS) is 26.2. The van der Waals surface area contributed by atoms with Gasteiger partial charge in [-0.15, -0.1) is 0 Å². The van der Waals surface area contributed by atoms with Gasteiger partial charge in [-0.3, -0.25) is 14.4 Å². The summed E-state index contributed by atoms with van der Waals surface area (Å²) in [7, 11) is 0. The number of aliphatic hydroxyl groups excluding tert-OH is 1.